The van der Waals surface area contributed by atoms with Gasteiger partial charge in [-0.25, -0.2) is 9.97 Å². The first-order chi connectivity index (χ1) is 10.1. The van der Waals surface area contributed by atoms with E-state index >= 15 is 0 Å². The van der Waals surface area contributed by atoms with Gasteiger partial charge in [0.05, 0.1) is 5.52 Å². The Balaban J connectivity index is 1.60. The lowest BCUT2D eigenvalue weighted by atomic mass is 10.1. The summed E-state index contributed by atoms with van der Waals surface area (Å²) in [6, 6.07) is 4.53. The SMILES string of the molecule is C[C@@H]1CN(C(=O)CCc2nc3ncccc3[nH]2)C[C@@H](C)N1. The molecule has 0 saturated carbocycles. The number of imidazole rings is 1. The van der Waals surface area contributed by atoms with Crippen LogP contribution >= 0.6 is 0 Å². The predicted octanol–water partition coefficient (Wildman–Crippen LogP) is 1.10. The van der Waals surface area contributed by atoms with Crippen molar-refractivity contribution in [2.45, 2.75) is 38.8 Å². The minimum absolute atomic E-state index is 0.198. The Morgan fingerprint density at radius 3 is 2.86 bits per heavy atom. The second-order valence-electron chi connectivity index (χ2n) is 5.83. The van der Waals surface area contributed by atoms with Crippen LogP contribution in [0, 0.1) is 0 Å². The summed E-state index contributed by atoms with van der Waals surface area (Å²) in [5, 5.41) is 3.43. The molecule has 21 heavy (non-hydrogen) atoms. The van der Waals surface area contributed by atoms with Crippen LogP contribution in [-0.2, 0) is 11.2 Å². The van der Waals surface area contributed by atoms with Crippen LogP contribution in [-0.4, -0.2) is 50.9 Å². The quantitative estimate of drug-likeness (QED) is 0.886. The molecule has 2 aromatic rings. The zero-order valence-electron chi connectivity index (χ0n) is 12.5. The van der Waals surface area contributed by atoms with E-state index in [-0.39, 0.29) is 5.91 Å². The number of aromatic nitrogens is 3. The van der Waals surface area contributed by atoms with Crippen LogP contribution in [0.15, 0.2) is 18.3 Å². The van der Waals surface area contributed by atoms with Crippen molar-refractivity contribution in [1.82, 2.24) is 25.2 Å². The Morgan fingerprint density at radius 1 is 1.38 bits per heavy atom. The zero-order valence-corrected chi connectivity index (χ0v) is 12.5. The molecule has 6 heteroatoms. The van der Waals surface area contributed by atoms with E-state index in [0.717, 1.165) is 24.4 Å². The fourth-order valence-electron chi connectivity index (χ4n) is 2.93. The van der Waals surface area contributed by atoms with E-state index < -0.39 is 0 Å². The van der Waals surface area contributed by atoms with Crippen LogP contribution in [0.4, 0.5) is 0 Å². The largest absolute Gasteiger partial charge is 0.341 e. The number of hydrogen-bond acceptors (Lipinski definition) is 4. The molecule has 1 aliphatic heterocycles. The number of aryl methyl sites for hydroxylation is 1. The molecule has 3 rings (SSSR count). The van der Waals surface area contributed by atoms with Gasteiger partial charge < -0.3 is 15.2 Å². The third kappa shape index (κ3) is 3.21. The molecule has 0 unspecified atom stereocenters. The molecule has 0 radical (unpaired) electrons. The third-order valence-electron chi connectivity index (χ3n) is 3.79. The molecule has 0 aliphatic carbocycles. The molecule has 1 aliphatic rings. The van der Waals surface area contributed by atoms with E-state index in [1.54, 1.807) is 6.20 Å². The van der Waals surface area contributed by atoms with Crippen molar-refractivity contribution >= 4 is 17.1 Å². The number of H-pyrrole nitrogens is 1. The van der Waals surface area contributed by atoms with Crippen molar-refractivity contribution in [3.05, 3.63) is 24.2 Å². The Morgan fingerprint density at radius 2 is 2.14 bits per heavy atom. The van der Waals surface area contributed by atoms with Crippen LogP contribution in [0.3, 0.4) is 0 Å². The number of nitrogens with one attached hydrogen (secondary N) is 2. The molecule has 1 amide bonds. The highest BCUT2D eigenvalue weighted by Gasteiger charge is 2.24. The maximum atomic E-state index is 12.3. The van der Waals surface area contributed by atoms with Gasteiger partial charge in [0, 0.05) is 44.2 Å². The Hall–Kier alpha value is -1.95. The van der Waals surface area contributed by atoms with Gasteiger partial charge in [0.1, 0.15) is 5.82 Å². The van der Waals surface area contributed by atoms with E-state index in [1.165, 1.54) is 0 Å². The van der Waals surface area contributed by atoms with Gasteiger partial charge in [-0.1, -0.05) is 0 Å². The highest BCUT2D eigenvalue weighted by molar-refractivity contribution is 5.77. The summed E-state index contributed by atoms with van der Waals surface area (Å²) in [6.45, 7) is 5.79. The lowest BCUT2D eigenvalue weighted by Gasteiger charge is -2.36. The number of piperazine rings is 1. The third-order valence-corrected chi connectivity index (χ3v) is 3.79. The van der Waals surface area contributed by atoms with Gasteiger partial charge in [-0.05, 0) is 26.0 Å². The van der Waals surface area contributed by atoms with Crippen molar-refractivity contribution < 1.29 is 4.79 Å². The number of amides is 1. The molecule has 2 aromatic heterocycles. The van der Waals surface area contributed by atoms with Crippen LogP contribution in [0.25, 0.3) is 11.2 Å². The maximum absolute atomic E-state index is 12.3. The highest BCUT2D eigenvalue weighted by Crippen LogP contribution is 2.11. The number of carbonyl (C=O) groups excluding carboxylic acids is 1. The topological polar surface area (TPSA) is 73.9 Å². The fourth-order valence-corrected chi connectivity index (χ4v) is 2.93. The van der Waals surface area contributed by atoms with Crippen LogP contribution in [0.1, 0.15) is 26.1 Å². The summed E-state index contributed by atoms with van der Waals surface area (Å²) in [5.74, 6) is 1.02. The van der Waals surface area contributed by atoms with Gasteiger partial charge in [0.25, 0.3) is 0 Å². The number of aromatic amines is 1. The van der Waals surface area contributed by atoms with Crippen molar-refractivity contribution in [2.24, 2.45) is 0 Å². The standard InChI is InChI=1S/C15H21N5O/c1-10-8-20(9-11(2)17-10)14(21)6-5-13-18-12-4-3-7-16-15(12)19-13/h3-4,7,10-11,17H,5-6,8-9H2,1-2H3,(H,16,18,19)/t10-,11-/m1/s1. The molecule has 0 bridgehead atoms. The summed E-state index contributed by atoms with van der Waals surface area (Å²) in [5.41, 5.74) is 1.63. The molecule has 1 saturated heterocycles. The molecule has 2 atom stereocenters. The minimum Gasteiger partial charge on any atom is -0.341 e. The average Bonchev–Trinajstić information content (AvgIpc) is 2.86. The van der Waals surface area contributed by atoms with Crippen molar-refractivity contribution in [2.75, 3.05) is 13.1 Å². The first kappa shape index (κ1) is 14.0. The molecule has 3 heterocycles. The van der Waals surface area contributed by atoms with Crippen molar-refractivity contribution in [3.8, 4) is 0 Å². The number of carbonyl (C=O) groups is 1. The second-order valence-corrected chi connectivity index (χ2v) is 5.83. The molecule has 112 valence electrons. The molecule has 1 fully saturated rings. The zero-order chi connectivity index (χ0) is 14.8. The van der Waals surface area contributed by atoms with Gasteiger partial charge in [-0.3, -0.25) is 4.79 Å². The minimum atomic E-state index is 0.198. The van der Waals surface area contributed by atoms with E-state index in [4.69, 9.17) is 0 Å². The number of nitrogens with zero attached hydrogens (tertiary/aromatic N) is 3. The highest BCUT2D eigenvalue weighted by atomic mass is 16.2. The second kappa shape index (κ2) is 5.81. The van der Waals surface area contributed by atoms with E-state index in [0.29, 0.717) is 30.6 Å². The normalized spacial score (nSPS) is 22.7. The van der Waals surface area contributed by atoms with Gasteiger partial charge in [-0.15, -0.1) is 0 Å². The average molecular weight is 287 g/mol. The summed E-state index contributed by atoms with van der Waals surface area (Å²) in [7, 11) is 0. The van der Waals surface area contributed by atoms with Gasteiger partial charge >= 0.3 is 0 Å². The molecule has 2 N–H and O–H groups in total. The van der Waals surface area contributed by atoms with Gasteiger partial charge in [0.2, 0.25) is 5.91 Å². The Labute approximate surface area is 124 Å². The Bertz CT molecular complexity index is 595. The first-order valence-corrected chi connectivity index (χ1v) is 7.45. The maximum Gasteiger partial charge on any atom is 0.223 e. The lowest BCUT2D eigenvalue weighted by molar-refractivity contribution is -0.132. The number of hydrogen-bond donors (Lipinski definition) is 2. The molecule has 0 aromatic carbocycles. The van der Waals surface area contributed by atoms with E-state index in [9.17, 15) is 4.79 Å². The number of pyridine rings is 1. The molecular formula is C15H21N5O. The Kier molecular flexibility index (Phi) is 3.88. The number of fused-ring (bicyclic) bond motifs is 1. The summed E-state index contributed by atoms with van der Waals surface area (Å²) >= 11 is 0. The van der Waals surface area contributed by atoms with Crippen LogP contribution in [0.5, 0.6) is 0 Å². The van der Waals surface area contributed by atoms with E-state index in [1.807, 2.05) is 17.0 Å². The molecule has 0 spiro atoms. The van der Waals surface area contributed by atoms with Gasteiger partial charge in [0.15, 0.2) is 5.65 Å². The predicted molar refractivity (Wildman–Crippen MR) is 80.8 cm³/mol. The van der Waals surface area contributed by atoms with E-state index in [2.05, 4.69) is 34.1 Å². The van der Waals surface area contributed by atoms with Crippen LogP contribution < -0.4 is 5.32 Å². The summed E-state index contributed by atoms with van der Waals surface area (Å²) in [6.07, 6.45) is 2.84. The van der Waals surface area contributed by atoms with Crippen molar-refractivity contribution in [3.63, 3.8) is 0 Å². The molecule has 6 nitrogen and oxygen atoms in total. The first-order valence-electron chi connectivity index (χ1n) is 7.45. The fraction of sp³-hybridized carbons (Fsp3) is 0.533. The smallest absolute Gasteiger partial charge is 0.223 e. The van der Waals surface area contributed by atoms with Crippen molar-refractivity contribution in [1.29, 1.82) is 0 Å². The summed E-state index contributed by atoms with van der Waals surface area (Å²) < 4.78 is 0. The summed E-state index contributed by atoms with van der Waals surface area (Å²) in [4.78, 5) is 26.1. The lowest BCUT2D eigenvalue weighted by Crippen LogP contribution is -2.55. The van der Waals surface area contributed by atoms with Gasteiger partial charge in [-0.2, -0.15) is 0 Å². The van der Waals surface area contributed by atoms with Crippen LogP contribution in [0.2, 0.25) is 0 Å². The number of rotatable bonds is 3. The molecular weight excluding hydrogens is 266 g/mol. The monoisotopic (exact) mass is 287 g/mol.